The van der Waals surface area contributed by atoms with Crippen molar-refractivity contribution in [1.29, 1.82) is 0 Å². The van der Waals surface area contributed by atoms with E-state index in [0.29, 0.717) is 5.02 Å². The number of nitrogens with zero attached hydrogens (tertiary/aromatic N) is 2. The SMILES string of the molecule is CN1CCN(c2ccc(Cl)cc2)C1=O. The van der Waals surface area contributed by atoms with Gasteiger partial charge in [-0.15, -0.1) is 0 Å². The predicted octanol–water partition coefficient (Wildman–Crippen LogP) is 2.21. The molecular formula is C10H11ClN2O. The van der Waals surface area contributed by atoms with Crippen LogP contribution >= 0.6 is 11.6 Å². The number of halogens is 1. The minimum Gasteiger partial charge on any atom is -0.326 e. The molecule has 1 aliphatic rings. The van der Waals surface area contributed by atoms with Crippen molar-refractivity contribution in [2.24, 2.45) is 0 Å². The molecule has 0 N–H and O–H groups in total. The van der Waals surface area contributed by atoms with Gasteiger partial charge in [-0.05, 0) is 24.3 Å². The van der Waals surface area contributed by atoms with E-state index in [-0.39, 0.29) is 6.03 Å². The monoisotopic (exact) mass is 210 g/mol. The Morgan fingerprint density at radius 2 is 1.86 bits per heavy atom. The maximum atomic E-state index is 11.6. The minimum absolute atomic E-state index is 0.0484. The van der Waals surface area contributed by atoms with E-state index in [2.05, 4.69) is 0 Å². The molecule has 1 fully saturated rings. The van der Waals surface area contributed by atoms with Crippen LogP contribution in [-0.4, -0.2) is 31.1 Å². The van der Waals surface area contributed by atoms with E-state index in [4.69, 9.17) is 11.6 Å². The zero-order valence-corrected chi connectivity index (χ0v) is 8.66. The molecule has 1 aliphatic heterocycles. The van der Waals surface area contributed by atoms with Gasteiger partial charge in [0.1, 0.15) is 0 Å². The lowest BCUT2D eigenvalue weighted by Gasteiger charge is -2.15. The van der Waals surface area contributed by atoms with Crippen LogP contribution in [-0.2, 0) is 0 Å². The van der Waals surface area contributed by atoms with Gasteiger partial charge >= 0.3 is 6.03 Å². The highest BCUT2D eigenvalue weighted by Gasteiger charge is 2.26. The zero-order chi connectivity index (χ0) is 10.1. The molecule has 1 aromatic carbocycles. The fourth-order valence-corrected chi connectivity index (χ4v) is 1.63. The van der Waals surface area contributed by atoms with E-state index in [1.807, 2.05) is 12.1 Å². The van der Waals surface area contributed by atoms with Crippen LogP contribution in [0.5, 0.6) is 0 Å². The third kappa shape index (κ3) is 1.55. The van der Waals surface area contributed by atoms with E-state index in [1.165, 1.54) is 0 Å². The second kappa shape index (κ2) is 3.50. The summed E-state index contributed by atoms with van der Waals surface area (Å²) in [6, 6.07) is 7.36. The Morgan fingerprint density at radius 1 is 1.21 bits per heavy atom. The van der Waals surface area contributed by atoms with E-state index >= 15 is 0 Å². The summed E-state index contributed by atoms with van der Waals surface area (Å²) < 4.78 is 0. The summed E-state index contributed by atoms with van der Waals surface area (Å²) >= 11 is 5.77. The van der Waals surface area contributed by atoms with Gasteiger partial charge in [-0.25, -0.2) is 4.79 Å². The molecule has 1 saturated heterocycles. The highest BCUT2D eigenvalue weighted by Crippen LogP contribution is 2.21. The Morgan fingerprint density at radius 3 is 2.36 bits per heavy atom. The van der Waals surface area contributed by atoms with Crippen LogP contribution in [0.2, 0.25) is 5.02 Å². The molecule has 0 atom stereocenters. The van der Waals surface area contributed by atoms with Crippen molar-refractivity contribution in [2.45, 2.75) is 0 Å². The van der Waals surface area contributed by atoms with Crippen molar-refractivity contribution in [1.82, 2.24) is 4.90 Å². The maximum absolute atomic E-state index is 11.6. The number of amides is 2. The average molecular weight is 211 g/mol. The summed E-state index contributed by atoms with van der Waals surface area (Å²) in [6.45, 7) is 1.53. The molecule has 0 spiro atoms. The minimum atomic E-state index is 0.0484. The molecular weight excluding hydrogens is 200 g/mol. The van der Waals surface area contributed by atoms with Gasteiger partial charge in [0.2, 0.25) is 0 Å². The van der Waals surface area contributed by atoms with Gasteiger partial charge in [-0.2, -0.15) is 0 Å². The first-order valence-corrected chi connectivity index (χ1v) is 4.84. The number of urea groups is 1. The predicted molar refractivity (Wildman–Crippen MR) is 56.8 cm³/mol. The molecule has 2 amide bonds. The van der Waals surface area contributed by atoms with Crippen LogP contribution in [0.15, 0.2) is 24.3 Å². The normalized spacial score (nSPS) is 16.6. The van der Waals surface area contributed by atoms with Gasteiger partial charge in [0, 0.05) is 30.8 Å². The van der Waals surface area contributed by atoms with Gasteiger partial charge in [-0.3, -0.25) is 4.90 Å². The van der Waals surface area contributed by atoms with Crippen molar-refractivity contribution in [2.75, 3.05) is 25.0 Å². The van der Waals surface area contributed by atoms with Crippen LogP contribution < -0.4 is 4.90 Å². The van der Waals surface area contributed by atoms with E-state index in [9.17, 15) is 4.79 Å². The number of carbonyl (C=O) groups is 1. The standard InChI is InChI=1S/C10H11ClN2O/c1-12-6-7-13(10(12)14)9-4-2-8(11)3-5-9/h2-5H,6-7H2,1H3. The van der Waals surface area contributed by atoms with Crippen molar-refractivity contribution >= 4 is 23.3 Å². The summed E-state index contributed by atoms with van der Waals surface area (Å²) in [6.07, 6.45) is 0. The molecule has 74 valence electrons. The molecule has 0 aliphatic carbocycles. The molecule has 14 heavy (non-hydrogen) atoms. The fraction of sp³-hybridized carbons (Fsp3) is 0.300. The van der Waals surface area contributed by atoms with Gasteiger partial charge in [-0.1, -0.05) is 11.6 Å². The van der Waals surface area contributed by atoms with Crippen LogP contribution in [0.4, 0.5) is 10.5 Å². The maximum Gasteiger partial charge on any atom is 0.324 e. The molecule has 0 unspecified atom stereocenters. The first kappa shape index (κ1) is 9.34. The number of rotatable bonds is 1. The Hall–Kier alpha value is -1.22. The Labute approximate surface area is 87.9 Å². The summed E-state index contributed by atoms with van der Waals surface area (Å²) in [4.78, 5) is 15.1. The molecule has 1 aromatic rings. The van der Waals surface area contributed by atoms with Crippen molar-refractivity contribution < 1.29 is 4.79 Å². The highest BCUT2D eigenvalue weighted by atomic mass is 35.5. The number of carbonyl (C=O) groups excluding carboxylic acids is 1. The second-order valence-corrected chi connectivity index (χ2v) is 3.77. The quantitative estimate of drug-likeness (QED) is 0.697. The smallest absolute Gasteiger partial charge is 0.324 e. The zero-order valence-electron chi connectivity index (χ0n) is 7.90. The van der Waals surface area contributed by atoms with Crippen LogP contribution in [0, 0.1) is 0 Å². The van der Waals surface area contributed by atoms with E-state index < -0.39 is 0 Å². The first-order valence-electron chi connectivity index (χ1n) is 4.46. The van der Waals surface area contributed by atoms with Gasteiger partial charge in [0.05, 0.1) is 0 Å². The Kier molecular flexibility index (Phi) is 2.33. The summed E-state index contributed by atoms with van der Waals surface area (Å²) in [5, 5.41) is 0.689. The molecule has 4 heteroatoms. The topological polar surface area (TPSA) is 23.6 Å². The molecule has 2 rings (SSSR count). The lowest BCUT2D eigenvalue weighted by Crippen LogP contribution is -2.28. The van der Waals surface area contributed by atoms with Crippen molar-refractivity contribution in [3.63, 3.8) is 0 Å². The average Bonchev–Trinajstić information content (AvgIpc) is 2.50. The number of anilines is 1. The van der Waals surface area contributed by atoms with E-state index in [0.717, 1.165) is 18.8 Å². The van der Waals surface area contributed by atoms with Crippen LogP contribution in [0.1, 0.15) is 0 Å². The third-order valence-electron chi connectivity index (χ3n) is 2.35. The molecule has 0 radical (unpaired) electrons. The first-order chi connectivity index (χ1) is 6.68. The molecule has 3 nitrogen and oxygen atoms in total. The van der Waals surface area contributed by atoms with Gasteiger partial charge in [0.25, 0.3) is 0 Å². The molecule has 0 saturated carbocycles. The third-order valence-corrected chi connectivity index (χ3v) is 2.61. The lowest BCUT2D eigenvalue weighted by molar-refractivity contribution is 0.229. The second-order valence-electron chi connectivity index (χ2n) is 3.33. The lowest BCUT2D eigenvalue weighted by atomic mass is 10.3. The number of benzene rings is 1. The van der Waals surface area contributed by atoms with Crippen LogP contribution in [0.25, 0.3) is 0 Å². The number of likely N-dealkylation sites (N-methyl/N-ethyl adjacent to an activating group) is 1. The number of hydrogen-bond donors (Lipinski definition) is 0. The van der Waals surface area contributed by atoms with Gasteiger partial charge in [0.15, 0.2) is 0 Å². The largest absolute Gasteiger partial charge is 0.326 e. The van der Waals surface area contributed by atoms with Gasteiger partial charge < -0.3 is 4.90 Å². The van der Waals surface area contributed by atoms with Crippen molar-refractivity contribution in [3.8, 4) is 0 Å². The summed E-state index contributed by atoms with van der Waals surface area (Å²) in [5.41, 5.74) is 0.906. The Bertz CT molecular complexity index is 350. The Balaban J connectivity index is 2.24. The van der Waals surface area contributed by atoms with Crippen molar-refractivity contribution in [3.05, 3.63) is 29.3 Å². The molecule has 0 bridgehead atoms. The molecule has 1 heterocycles. The van der Waals surface area contributed by atoms with Crippen LogP contribution in [0.3, 0.4) is 0 Å². The molecule has 0 aromatic heterocycles. The highest BCUT2D eigenvalue weighted by molar-refractivity contribution is 6.30. The fourth-order valence-electron chi connectivity index (χ4n) is 1.51. The summed E-state index contributed by atoms with van der Waals surface area (Å²) in [5.74, 6) is 0. The van der Waals surface area contributed by atoms with E-state index in [1.54, 1.807) is 29.0 Å². The summed E-state index contributed by atoms with van der Waals surface area (Å²) in [7, 11) is 1.80. The number of hydrogen-bond acceptors (Lipinski definition) is 1.